The Kier molecular flexibility index (Phi) is 8.39. The summed E-state index contributed by atoms with van der Waals surface area (Å²) in [5, 5.41) is 10.0. The third-order valence-corrected chi connectivity index (χ3v) is 11.9. The Bertz CT molecular complexity index is 1370. The second-order valence-corrected chi connectivity index (χ2v) is 15.0. The fourth-order valence-electron chi connectivity index (χ4n) is 5.15. The summed E-state index contributed by atoms with van der Waals surface area (Å²) in [6, 6.07) is 4.72. The minimum atomic E-state index is -4.86. The van der Waals surface area contributed by atoms with Crippen LogP contribution >= 0.6 is 12.2 Å². The molecule has 0 bridgehead atoms. The highest BCUT2D eigenvalue weighted by Crippen LogP contribution is 2.39. The number of sulfone groups is 1. The molecule has 2 aliphatic heterocycles. The van der Waals surface area contributed by atoms with Crippen LogP contribution in [0.5, 0.6) is 0 Å². The van der Waals surface area contributed by atoms with Crippen molar-refractivity contribution in [3.63, 3.8) is 0 Å². The van der Waals surface area contributed by atoms with Crippen molar-refractivity contribution in [3.05, 3.63) is 53.0 Å². The maximum absolute atomic E-state index is 13.5. The van der Waals surface area contributed by atoms with Crippen LogP contribution in [0.15, 0.2) is 47.4 Å². The molecule has 14 heteroatoms. The number of nitrogens with zero attached hydrogens (tertiary/aromatic N) is 3. The molecule has 3 aliphatic rings. The van der Waals surface area contributed by atoms with E-state index in [-0.39, 0.29) is 47.7 Å². The van der Waals surface area contributed by atoms with Crippen LogP contribution in [-0.2, 0) is 25.5 Å². The molecule has 2 fully saturated rings. The minimum absolute atomic E-state index is 0.000780. The summed E-state index contributed by atoms with van der Waals surface area (Å²) in [6.45, 7) is 3.64. The highest BCUT2D eigenvalue weighted by Gasteiger charge is 2.51. The first-order chi connectivity index (χ1) is 18.0. The lowest BCUT2D eigenvalue weighted by Gasteiger charge is -2.46. The first kappa shape index (κ1) is 30.1. The van der Waals surface area contributed by atoms with E-state index in [1.54, 1.807) is 12.2 Å². The highest BCUT2D eigenvalue weighted by molar-refractivity contribution is 7.96. The van der Waals surface area contributed by atoms with Gasteiger partial charge in [0.25, 0.3) is 0 Å². The van der Waals surface area contributed by atoms with E-state index in [9.17, 15) is 35.1 Å². The largest absolute Gasteiger partial charge is 0.421 e. The zero-order valence-electron chi connectivity index (χ0n) is 21.6. The molecule has 0 radical (unpaired) electrons. The SMILES string of the molecule is C[C@@H]1CS(=O)(=O)CCN1C[C@H]1CN(S(=O)(=O)C2=CC=CCC2=S)CCN1c1ccc([C@](C)(O)C(F)(F)F)cc1. The smallest absolute Gasteiger partial charge is 0.376 e. The molecule has 0 spiro atoms. The van der Waals surface area contributed by atoms with Crippen LogP contribution in [0, 0.1) is 0 Å². The molecule has 2 heterocycles. The lowest BCUT2D eigenvalue weighted by molar-refractivity contribution is -0.258. The molecule has 216 valence electrons. The summed E-state index contributed by atoms with van der Waals surface area (Å²) in [4.78, 5) is 4.36. The van der Waals surface area contributed by atoms with Gasteiger partial charge in [0.05, 0.1) is 22.5 Å². The van der Waals surface area contributed by atoms with Crippen molar-refractivity contribution in [1.29, 1.82) is 0 Å². The first-order valence-electron chi connectivity index (χ1n) is 12.5. The molecule has 0 aromatic heterocycles. The van der Waals surface area contributed by atoms with Crippen LogP contribution in [-0.4, -0.2) is 98.5 Å². The Morgan fingerprint density at radius 2 is 1.79 bits per heavy atom. The van der Waals surface area contributed by atoms with Gasteiger partial charge in [0.1, 0.15) is 0 Å². The van der Waals surface area contributed by atoms with Gasteiger partial charge in [0.2, 0.25) is 10.0 Å². The van der Waals surface area contributed by atoms with Crippen molar-refractivity contribution < 1.29 is 35.1 Å². The van der Waals surface area contributed by atoms with Gasteiger partial charge in [0.15, 0.2) is 15.4 Å². The molecule has 39 heavy (non-hydrogen) atoms. The van der Waals surface area contributed by atoms with E-state index in [1.165, 1.54) is 34.6 Å². The summed E-state index contributed by atoms with van der Waals surface area (Å²) in [5.74, 6) is -0.00275. The van der Waals surface area contributed by atoms with Crippen LogP contribution < -0.4 is 4.90 Å². The summed E-state index contributed by atoms with van der Waals surface area (Å²) in [5.41, 5.74) is -2.75. The van der Waals surface area contributed by atoms with Crippen molar-refractivity contribution in [2.75, 3.05) is 49.1 Å². The number of allylic oxidation sites excluding steroid dienone is 4. The number of rotatable bonds is 6. The molecule has 1 aliphatic carbocycles. The second-order valence-electron chi connectivity index (χ2n) is 10.4. The quantitative estimate of drug-likeness (QED) is 0.493. The van der Waals surface area contributed by atoms with Crippen molar-refractivity contribution in [2.45, 2.75) is 44.1 Å². The number of alkyl halides is 3. The van der Waals surface area contributed by atoms with E-state index in [1.807, 2.05) is 16.7 Å². The van der Waals surface area contributed by atoms with Crippen molar-refractivity contribution in [1.82, 2.24) is 9.21 Å². The summed E-state index contributed by atoms with van der Waals surface area (Å²) in [6.07, 6.45) is 0.436. The number of halogens is 3. The summed E-state index contributed by atoms with van der Waals surface area (Å²) in [7, 11) is -7.05. The minimum Gasteiger partial charge on any atom is -0.376 e. The third kappa shape index (κ3) is 6.25. The number of piperazine rings is 1. The van der Waals surface area contributed by atoms with E-state index in [0.717, 1.165) is 0 Å². The molecule has 0 saturated carbocycles. The predicted molar refractivity (Wildman–Crippen MR) is 148 cm³/mol. The Balaban J connectivity index is 1.63. The number of hydrogen-bond donors (Lipinski definition) is 1. The van der Waals surface area contributed by atoms with E-state index >= 15 is 0 Å². The Labute approximate surface area is 232 Å². The predicted octanol–water partition coefficient (Wildman–Crippen LogP) is 2.61. The Morgan fingerprint density at radius 3 is 2.38 bits per heavy atom. The first-order valence-corrected chi connectivity index (χ1v) is 16.2. The Morgan fingerprint density at radius 1 is 1.13 bits per heavy atom. The van der Waals surface area contributed by atoms with Gasteiger partial charge >= 0.3 is 6.18 Å². The average molecular weight is 608 g/mol. The van der Waals surface area contributed by atoms with Crippen LogP contribution in [0.1, 0.15) is 25.8 Å². The summed E-state index contributed by atoms with van der Waals surface area (Å²) < 4.78 is 92.6. The van der Waals surface area contributed by atoms with Crippen LogP contribution in [0.2, 0.25) is 0 Å². The number of sulfonamides is 1. The van der Waals surface area contributed by atoms with E-state index in [4.69, 9.17) is 12.2 Å². The van der Waals surface area contributed by atoms with Gasteiger partial charge in [-0.2, -0.15) is 17.5 Å². The maximum Gasteiger partial charge on any atom is 0.421 e. The second kappa shape index (κ2) is 10.9. The molecule has 0 amide bonds. The molecular formula is C25H32F3N3O5S3. The zero-order valence-corrected chi connectivity index (χ0v) is 24.1. The van der Waals surface area contributed by atoms with Crippen molar-refractivity contribution in [3.8, 4) is 0 Å². The molecule has 1 N–H and O–H groups in total. The monoisotopic (exact) mass is 607 g/mol. The maximum atomic E-state index is 13.5. The van der Waals surface area contributed by atoms with Gasteiger partial charge in [-0.1, -0.05) is 36.5 Å². The van der Waals surface area contributed by atoms with Crippen LogP contribution in [0.4, 0.5) is 18.9 Å². The molecule has 1 aromatic rings. The van der Waals surface area contributed by atoms with Gasteiger partial charge in [-0.15, -0.1) is 0 Å². The normalized spacial score (nSPS) is 26.8. The lowest BCUT2D eigenvalue weighted by atomic mass is 9.95. The topological polar surface area (TPSA) is 98.2 Å². The number of hydrogen-bond acceptors (Lipinski definition) is 8. The molecule has 1 aromatic carbocycles. The van der Waals surface area contributed by atoms with Crippen LogP contribution in [0.25, 0.3) is 0 Å². The highest BCUT2D eigenvalue weighted by atomic mass is 32.2. The Hall–Kier alpha value is -1.84. The van der Waals surface area contributed by atoms with Gasteiger partial charge < -0.3 is 10.0 Å². The van der Waals surface area contributed by atoms with Gasteiger partial charge in [-0.25, -0.2) is 16.8 Å². The molecule has 8 nitrogen and oxygen atoms in total. The number of thiocarbonyl (C=S) groups is 1. The molecule has 4 rings (SSSR count). The number of aliphatic hydroxyl groups is 1. The molecule has 0 unspecified atom stereocenters. The standard InChI is InChI=1S/C25H32F3N3O5S3/c1-18-17-38(33,34)14-13-29(18)15-21-16-30(39(35,36)23-6-4-3-5-22(23)37)11-12-31(21)20-9-7-19(8-10-20)24(2,32)25(26,27)28/h3-4,6-10,18,21,32H,5,11-17H2,1-2H3/t18-,21+,24+/m1/s1. The van der Waals surface area contributed by atoms with Crippen molar-refractivity contribution >= 4 is 42.6 Å². The van der Waals surface area contributed by atoms with E-state index in [2.05, 4.69) is 0 Å². The van der Waals surface area contributed by atoms with Crippen molar-refractivity contribution in [2.24, 2.45) is 0 Å². The van der Waals surface area contributed by atoms with Crippen LogP contribution in [0.3, 0.4) is 0 Å². The van der Waals surface area contributed by atoms with Gasteiger partial charge in [-0.05, 0) is 37.6 Å². The number of anilines is 1. The third-order valence-electron chi connectivity index (χ3n) is 7.59. The fourth-order valence-corrected chi connectivity index (χ4v) is 8.85. The summed E-state index contributed by atoms with van der Waals surface area (Å²) >= 11 is 5.31. The average Bonchev–Trinajstić information content (AvgIpc) is 2.85. The fraction of sp³-hybridized carbons (Fsp3) is 0.560. The van der Waals surface area contributed by atoms with Gasteiger partial charge in [0, 0.05) is 55.7 Å². The molecule has 3 atom stereocenters. The number of benzene rings is 1. The molecule has 2 saturated heterocycles. The van der Waals surface area contributed by atoms with E-state index in [0.29, 0.717) is 37.0 Å². The van der Waals surface area contributed by atoms with Gasteiger partial charge in [-0.3, -0.25) is 4.90 Å². The zero-order chi connectivity index (χ0) is 28.8. The molecular weight excluding hydrogens is 575 g/mol. The van der Waals surface area contributed by atoms with E-state index < -0.39 is 37.7 Å². The lowest BCUT2D eigenvalue weighted by Crippen LogP contribution is -2.60.